The Morgan fingerprint density at radius 1 is 1.08 bits per heavy atom. The monoisotopic (exact) mass is 342 g/mol. The van der Waals surface area contributed by atoms with Crippen LogP contribution >= 0.6 is 0 Å². The molecule has 2 aromatic carbocycles. The minimum absolute atomic E-state index is 0.105. The molecule has 0 fully saturated rings. The highest BCUT2D eigenvalue weighted by Crippen LogP contribution is 2.33. The number of hydrogen-bond donors (Lipinski definition) is 3. The molecule has 0 atom stereocenters. The van der Waals surface area contributed by atoms with E-state index in [2.05, 4.69) is 5.32 Å². The fourth-order valence-corrected chi connectivity index (χ4v) is 2.11. The van der Waals surface area contributed by atoms with Gasteiger partial charge in [-0.05, 0) is 23.8 Å². The molecular weight excluding hydrogens is 324 g/mol. The predicted octanol–water partition coefficient (Wildman–Crippen LogP) is 2.64. The summed E-state index contributed by atoms with van der Waals surface area (Å²) in [6.07, 6.45) is 2.89. The van der Waals surface area contributed by atoms with Crippen LogP contribution in [0.1, 0.15) is 15.9 Å². The molecule has 130 valence electrons. The first-order valence-corrected chi connectivity index (χ1v) is 7.28. The third-order valence-electron chi connectivity index (χ3n) is 3.38. The molecule has 25 heavy (non-hydrogen) atoms. The molecule has 0 aromatic heterocycles. The van der Waals surface area contributed by atoms with E-state index in [4.69, 9.17) is 15.2 Å². The number of carbonyl (C=O) groups is 2. The number of benzene rings is 2. The Labute approximate surface area is 144 Å². The van der Waals surface area contributed by atoms with E-state index < -0.39 is 11.9 Å². The van der Waals surface area contributed by atoms with Gasteiger partial charge in [0.15, 0.2) is 11.5 Å². The molecule has 4 N–H and O–H groups in total. The third kappa shape index (κ3) is 4.51. The summed E-state index contributed by atoms with van der Waals surface area (Å²) in [6.45, 7) is 0. The maximum atomic E-state index is 12.1. The summed E-state index contributed by atoms with van der Waals surface area (Å²) < 4.78 is 10.2. The van der Waals surface area contributed by atoms with Crippen LogP contribution in [-0.2, 0) is 4.79 Å². The number of carbonyl (C=O) groups excluding carboxylic acids is 1. The minimum atomic E-state index is -1.20. The number of ether oxygens (including phenoxy) is 2. The lowest BCUT2D eigenvalue weighted by molar-refractivity contribution is -0.111. The van der Waals surface area contributed by atoms with Gasteiger partial charge in [-0.2, -0.15) is 0 Å². The second kappa shape index (κ2) is 7.87. The van der Waals surface area contributed by atoms with Gasteiger partial charge in [-0.1, -0.05) is 12.1 Å². The summed E-state index contributed by atoms with van der Waals surface area (Å²) in [4.78, 5) is 23.5. The average Bonchev–Trinajstić information content (AvgIpc) is 2.60. The molecule has 0 aliphatic carbocycles. The smallest absolute Gasteiger partial charge is 0.337 e. The maximum Gasteiger partial charge on any atom is 0.337 e. The molecule has 0 saturated heterocycles. The van der Waals surface area contributed by atoms with Crippen molar-refractivity contribution in [2.75, 3.05) is 25.3 Å². The number of nitrogens with two attached hydrogens (primary N) is 1. The third-order valence-corrected chi connectivity index (χ3v) is 3.38. The number of nitrogen functional groups attached to an aromatic ring is 1. The van der Waals surface area contributed by atoms with E-state index in [0.29, 0.717) is 11.4 Å². The molecule has 0 aliphatic rings. The van der Waals surface area contributed by atoms with E-state index in [1.54, 1.807) is 30.3 Å². The van der Waals surface area contributed by atoms with Crippen molar-refractivity contribution in [1.29, 1.82) is 0 Å². The van der Waals surface area contributed by atoms with Crippen molar-refractivity contribution >= 4 is 29.3 Å². The van der Waals surface area contributed by atoms with Crippen LogP contribution in [0, 0.1) is 0 Å². The van der Waals surface area contributed by atoms with Gasteiger partial charge in [-0.15, -0.1) is 0 Å². The van der Waals surface area contributed by atoms with E-state index in [1.165, 1.54) is 32.4 Å². The lowest BCUT2D eigenvalue weighted by Gasteiger charge is -2.13. The van der Waals surface area contributed by atoms with Gasteiger partial charge in [0, 0.05) is 23.9 Å². The standard InChI is InChI=1S/C18H18N2O5/c1-24-15-9-13(18(22)23)14(10-16(15)25-2)20-17(21)8-5-11-3-6-12(19)7-4-11/h3-10H,19H2,1-2H3,(H,20,21)(H,22,23)/b8-5+. The number of carboxylic acid groups (broad SMARTS) is 1. The Balaban J connectivity index is 2.24. The predicted molar refractivity (Wildman–Crippen MR) is 95.0 cm³/mol. The molecule has 7 heteroatoms. The molecule has 0 unspecified atom stereocenters. The number of carboxylic acids is 1. The summed E-state index contributed by atoms with van der Waals surface area (Å²) in [5.74, 6) is -1.11. The van der Waals surface area contributed by atoms with Crippen LogP contribution in [0.5, 0.6) is 11.5 Å². The van der Waals surface area contributed by atoms with Crippen LogP contribution in [0.15, 0.2) is 42.5 Å². The average molecular weight is 342 g/mol. The molecule has 0 radical (unpaired) electrons. The Hall–Kier alpha value is -3.48. The zero-order valence-electron chi connectivity index (χ0n) is 13.8. The molecule has 0 saturated carbocycles. The quantitative estimate of drug-likeness (QED) is 0.550. The van der Waals surface area contributed by atoms with E-state index in [-0.39, 0.29) is 17.0 Å². The van der Waals surface area contributed by atoms with Crippen LogP contribution in [0.3, 0.4) is 0 Å². The summed E-state index contributed by atoms with van der Waals surface area (Å²) in [7, 11) is 2.82. The fraction of sp³-hybridized carbons (Fsp3) is 0.111. The molecule has 1 amide bonds. The molecule has 7 nitrogen and oxygen atoms in total. The normalized spacial score (nSPS) is 10.5. The molecular formula is C18H18N2O5. The summed E-state index contributed by atoms with van der Waals surface area (Å²) in [6, 6.07) is 9.65. The number of hydrogen-bond acceptors (Lipinski definition) is 5. The highest BCUT2D eigenvalue weighted by atomic mass is 16.5. The van der Waals surface area contributed by atoms with Crippen molar-refractivity contribution in [2.24, 2.45) is 0 Å². The number of nitrogens with one attached hydrogen (secondary N) is 1. The molecule has 0 heterocycles. The zero-order valence-corrected chi connectivity index (χ0v) is 13.8. The summed E-state index contributed by atoms with van der Waals surface area (Å²) >= 11 is 0. The van der Waals surface area contributed by atoms with E-state index in [9.17, 15) is 14.7 Å². The van der Waals surface area contributed by atoms with Gasteiger partial charge in [-0.3, -0.25) is 4.79 Å². The van der Waals surface area contributed by atoms with Gasteiger partial charge in [0.2, 0.25) is 5.91 Å². The van der Waals surface area contributed by atoms with E-state index >= 15 is 0 Å². The Morgan fingerprint density at radius 3 is 2.24 bits per heavy atom. The van der Waals surface area contributed by atoms with Crippen LogP contribution in [0.4, 0.5) is 11.4 Å². The van der Waals surface area contributed by atoms with E-state index in [0.717, 1.165) is 5.56 Å². The van der Waals surface area contributed by atoms with Crippen molar-refractivity contribution in [3.05, 3.63) is 53.6 Å². The van der Waals surface area contributed by atoms with Gasteiger partial charge in [-0.25, -0.2) is 4.79 Å². The summed E-state index contributed by atoms with van der Waals surface area (Å²) in [5.41, 5.74) is 7.01. The molecule has 2 rings (SSSR count). The van der Waals surface area contributed by atoms with Gasteiger partial charge >= 0.3 is 5.97 Å². The summed E-state index contributed by atoms with van der Waals surface area (Å²) in [5, 5.41) is 11.9. The first-order valence-electron chi connectivity index (χ1n) is 7.28. The molecule has 0 bridgehead atoms. The molecule has 0 aliphatic heterocycles. The second-order valence-corrected chi connectivity index (χ2v) is 5.05. The number of anilines is 2. The van der Waals surface area contributed by atoms with E-state index in [1.807, 2.05) is 0 Å². The first kappa shape index (κ1) is 17.9. The molecule has 0 spiro atoms. The van der Waals surface area contributed by atoms with Crippen molar-refractivity contribution in [1.82, 2.24) is 0 Å². The van der Waals surface area contributed by atoms with Crippen LogP contribution in [0.2, 0.25) is 0 Å². The number of methoxy groups -OCH3 is 2. The number of amides is 1. The van der Waals surface area contributed by atoms with Gasteiger partial charge < -0.3 is 25.6 Å². The van der Waals surface area contributed by atoms with Crippen LogP contribution in [-0.4, -0.2) is 31.2 Å². The number of aromatic carboxylic acids is 1. The van der Waals surface area contributed by atoms with Crippen LogP contribution in [0.25, 0.3) is 6.08 Å². The van der Waals surface area contributed by atoms with Crippen LogP contribution < -0.4 is 20.5 Å². The second-order valence-electron chi connectivity index (χ2n) is 5.05. The maximum absolute atomic E-state index is 12.1. The topological polar surface area (TPSA) is 111 Å². The zero-order chi connectivity index (χ0) is 18.4. The lowest BCUT2D eigenvalue weighted by atomic mass is 10.1. The fourth-order valence-electron chi connectivity index (χ4n) is 2.11. The molecule has 2 aromatic rings. The SMILES string of the molecule is COc1cc(NC(=O)/C=C/c2ccc(N)cc2)c(C(=O)O)cc1OC. The van der Waals surface area contributed by atoms with Crippen molar-refractivity contribution in [2.45, 2.75) is 0 Å². The Bertz CT molecular complexity index is 813. The number of rotatable bonds is 6. The first-order chi connectivity index (χ1) is 11.9. The van der Waals surface area contributed by atoms with Crippen molar-refractivity contribution in [3.8, 4) is 11.5 Å². The Kier molecular flexibility index (Phi) is 5.62. The van der Waals surface area contributed by atoms with Gasteiger partial charge in [0.25, 0.3) is 0 Å². The largest absolute Gasteiger partial charge is 0.493 e. The van der Waals surface area contributed by atoms with Crippen molar-refractivity contribution < 1.29 is 24.2 Å². The van der Waals surface area contributed by atoms with Gasteiger partial charge in [0.05, 0.1) is 25.5 Å². The lowest BCUT2D eigenvalue weighted by Crippen LogP contribution is -2.12. The highest BCUT2D eigenvalue weighted by Gasteiger charge is 2.17. The van der Waals surface area contributed by atoms with Gasteiger partial charge in [0.1, 0.15) is 0 Å². The minimum Gasteiger partial charge on any atom is -0.493 e. The van der Waals surface area contributed by atoms with Crippen molar-refractivity contribution in [3.63, 3.8) is 0 Å². The highest BCUT2D eigenvalue weighted by molar-refractivity contribution is 6.06. The Morgan fingerprint density at radius 2 is 1.68 bits per heavy atom.